The number of likely N-dealkylation sites (tertiary alicyclic amines) is 1. The SMILES string of the molecule is CCOC(=O)C1CCN(C(=O)C(C)Sc2nnc(-c3ccc(N(CC)CC)cc3)n2C)CC1. The van der Waals surface area contributed by atoms with E-state index < -0.39 is 0 Å². The first-order valence-corrected chi connectivity index (χ1v) is 12.6. The molecule has 33 heavy (non-hydrogen) atoms. The molecule has 1 amide bonds. The van der Waals surface area contributed by atoms with Crippen LogP contribution in [0.15, 0.2) is 29.4 Å². The Balaban J connectivity index is 1.61. The summed E-state index contributed by atoms with van der Waals surface area (Å²) in [7, 11) is 1.93. The fourth-order valence-electron chi connectivity index (χ4n) is 4.14. The molecule has 1 aliphatic rings. The van der Waals surface area contributed by atoms with Crippen LogP contribution < -0.4 is 4.90 Å². The van der Waals surface area contributed by atoms with Gasteiger partial charge in [0, 0.05) is 44.5 Å². The van der Waals surface area contributed by atoms with E-state index in [0.29, 0.717) is 37.7 Å². The molecule has 0 spiro atoms. The van der Waals surface area contributed by atoms with Gasteiger partial charge in [0.1, 0.15) is 0 Å². The zero-order chi connectivity index (χ0) is 24.0. The van der Waals surface area contributed by atoms with E-state index >= 15 is 0 Å². The average Bonchev–Trinajstić information content (AvgIpc) is 3.20. The Morgan fingerprint density at radius 1 is 1.12 bits per heavy atom. The van der Waals surface area contributed by atoms with Crippen molar-refractivity contribution in [2.24, 2.45) is 13.0 Å². The van der Waals surface area contributed by atoms with Gasteiger partial charge in [-0.05, 0) is 64.8 Å². The Kier molecular flexibility index (Phi) is 8.77. The van der Waals surface area contributed by atoms with E-state index in [1.165, 1.54) is 17.4 Å². The second-order valence-corrected chi connectivity index (χ2v) is 9.50. The highest BCUT2D eigenvalue weighted by Crippen LogP contribution is 2.29. The summed E-state index contributed by atoms with van der Waals surface area (Å²) in [6.45, 7) is 11.5. The van der Waals surface area contributed by atoms with Crippen molar-refractivity contribution in [1.82, 2.24) is 19.7 Å². The number of esters is 1. The molecule has 1 saturated heterocycles. The van der Waals surface area contributed by atoms with Crippen LogP contribution in [0.4, 0.5) is 5.69 Å². The standard InChI is InChI=1S/C24H35N5O3S/c1-6-28(7-2)20-11-9-18(10-12-20)21-25-26-24(27(21)5)33-17(4)22(30)29-15-13-19(14-16-29)23(31)32-8-3/h9-12,17,19H,6-8,13-16H2,1-5H3. The Morgan fingerprint density at radius 2 is 1.76 bits per heavy atom. The first kappa shape index (κ1) is 25.1. The Hall–Kier alpha value is -2.55. The fourth-order valence-corrected chi connectivity index (χ4v) is 5.04. The van der Waals surface area contributed by atoms with Gasteiger partial charge in [-0.3, -0.25) is 9.59 Å². The number of carbonyl (C=O) groups is 2. The van der Waals surface area contributed by atoms with Crippen LogP contribution in [-0.2, 0) is 21.4 Å². The number of thioether (sulfide) groups is 1. The molecule has 0 N–H and O–H groups in total. The van der Waals surface area contributed by atoms with Gasteiger partial charge in [0.05, 0.1) is 17.8 Å². The van der Waals surface area contributed by atoms with Crippen molar-refractivity contribution in [1.29, 1.82) is 0 Å². The lowest BCUT2D eigenvalue weighted by molar-refractivity contribution is -0.151. The summed E-state index contributed by atoms with van der Waals surface area (Å²) < 4.78 is 7.06. The number of rotatable bonds is 9. The van der Waals surface area contributed by atoms with Crippen LogP contribution in [0.5, 0.6) is 0 Å². The summed E-state index contributed by atoms with van der Waals surface area (Å²) in [6.07, 6.45) is 1.30. The lowest BCUT2D eigenvalue weighted by atomic mass is 9.97. The molecule has 3 rings (SSSR count). The predicted octanol–water partition coefficient (Wildman–Crippen LogP) is 3.61. The van der Waals surface area contributed by atoms with E-state index in [1.54, 1.807) is 0 Å². The molecule has 1 unspecified atom stereocenters. The summed E-state index contributed by atoms with van der Waals surface area (Å²) in [5, 5.41) is 9.13. The summed E-state index contributed by atoms with van der Waals surface area (Å²) in [5.41, 5.74) is 2.18. The van der Waals surface area contributed by atoms with Crippen LogP contribution in [0.25, 0.3) is 11.4 Å². The van der Waals surface area contributed by atoms with Gasteiger partial charge in [-0.2, -0.15) is 0 Å². The smallest absolute Gasteiger partial charge is 0.309 e. The topological polar surface area (TPSA) is 80.6 Å². The molecule has 0 saturated carbocycles. The van der Waals surface area contributed by atoms with Gasteiger partial charge in [0.2, 0.25) is 5.91 Å². The van der Waals surface area contributed by atoms with Gasteiger partial charge in [-0.15, -0.1) is 10.2 Å². The van der Waals surface area contributed by atoms with E-state index in [-0.39, 0.29) is 23.0 Å². The molecule has 1 fully saturated rings. The maximum absolute atomic E-state index is 13.0. The van der Waals surface area contributed by atoms with Gasteiger partial charge in [0.25, 0.3) is 0 Å². The second kappa shape index (κ2) is 11.5. The summed E-state index contributed by atoms with van der Waals surface area (Å²) in [5.74, 6) is 0.587. The zero-order valence-electron chi connectivity index (χ0n) is 20.3. The number of benzene rings is 1. The van der Waals surface area contributed by atoms with Crippen molar-refractivity contribution in [2.45, 2.75) is 50.9 Å². The van der Waals surface area contributed by atoms with Gasteiger partial charge in [-0.1, -0.05) is 11.8 Å². The van der Waals surface area contributed by atoms with Crippen molar-refractivity contribution < 1.29 is 14.3 Å². The van der Waals surface area contributed by atoms with Gasteiger partial charge in [0.15, 0.2) is 11.0 Å². The predicted molar refractivity (Wildman–Crippen MR) is 131 cm³/mol. The molecule has 0 bridgehead atoms. The van der Waals surface area contributed by atoms with E-state index in [4.69, 9.17) is 4.74 Å². The van der Waals surface area contributed by atoms with Crippen LogP contribution in [0, 0.1) is 5.92 Å². The molecule has 1 aliphatic heterocycles. The molecular weight excluding hydrogens is 438 g/mol. The molecular formula is C24H35N5O3S. The van der Waals surface area contributed by atoms with Crippen LogP contribution in [0.2, 0.25) is 0 Å². The van der Waals surface area contributed by atoms with E-state index in [9.17, 15) is 9.59 Å². The van der Waals surface area contributed by atoms with Gasteiger partial charge in [-0.25, -0.2) is 0 Å². The monoisotopic (exact) mass is 473 g/mol. The second-order valence-electron chi connectivity index (χ2n) is 8.20. The largest absolute Gasteiger partial charge is 0.466 e. The molecule has 180 valence electrons. The highest BCUT2D eigenvalue weighted by atomic mass is 32.2. The highest BCUT2D eigenvalue weighted by Gasteiger charge is 2.31. The summed E-state index contributed by atoms with van der Waals surface area (Å²) in [4.78, 5) is 29.1. The van der Waals surface area contributed by atoms with E-state index in [1.807, 2.05) is 30.4 Å². The fraction of sp³-hybridized carbons (Fsp3) is 0.583. The molecule has 8 nitrogen and oxygen atoms in total. The summed E-state index contributed by atoms with van der Waals surface area (Å²) in [6, 6.07) is 8.34. The number of hydrogen-bond donors (Lipinski definition) is 0. The molecule has 0 radical (unpaired) electrons. The lowest BCUT2D eigenvalue weighted by Crippen LogP contribution is -2.43. The van der Waals surface area contributed by atoms with Crippen molar-refractivity contribution in [3.63, 3.8) is 0 Å². The molecule has 9 heteroatoms. The molecule has 0 aliphatic carbocycles. The normalized spacial score (nSPS) is 15.4. The lowest BCUT2D eigenvalue weighted by Gasteiger charge is -2.32. The number of amides is 1. The Labute approximate surface area is 200 Å². The first-order chi connectivity index (χ1) is 15.9. The van der Waals surface area contributed by atoms with Crippen molar-refractivity contribution in [2.75, 3.05) is 37.7 Å². The minimum atomic E-state index is -0.287. The summed E-state index contributed by atoms with van der Waals surface area (Å²) >= 11 is 1.42. The molecule has 2 heterocycles. The van der Waals surface area contributed by atoms with Crippen molar-refractivity contribution >= 4 is 29.3 Å². The number of anilines is 1. The number of nitrogens with zero attached hydrogens (tertiary/aromatic N) is 5. The zero-order valence-corrected chi connectivity index (χ0v) is 21.1. The minimum absolute atomic E-state index is 0.0652. The van der Waals surface area contributed by atoms with E-state index in [0.717, 1.165) is 24.5 Å². The molecule has 1 aromatic heterocycles. The number of piperidine rings is 1. The third-order valence-corrected chi connectivity index (χ3v) is 7.27. The van der Waals surface area contributed by atoms with Crippen molar-refractivity contribution in [3.8, 4) is 11.4 Å². The van der Waals surface area contributed by atoms with Crippen LogP contribution in [0.1, 0.15) is 40.5 Å². The maximum atomic E-state index is 13.0. The third-order valence-electron chi connectivity index (χ3n) is 6.15. The van der Waals surface area contributed by atoms with Crippen LogP contribution >= 0.6 is 11.8 Å². The first-order valence-electron chi connectivity index (χ1n) is 11.8. The number of hydrogen-bond acceptors (Lipinski definition) is 7. The van der Waals surface area contributed by atoms with Crippen LogP contribution in [0.3, 0.4) is 0 Å². The quantitative estimate of drug-likeness (QED) is 0.406. The number of carbonyl (C=O) groups excluding carboxylic acids is 2. The molecule has 1 aromatic carbocycles. The average molecular weight is 474 g/mol. The Morgan fingerprint density at radius 3 is 2.33 bits per heavy atom. The van der Waals surface area contributed by atoms with Gasteiger partial charge >= 0.3 is 5.97 Å². The van der Waals surface area contributed by atoms with Gasteiger partial charge < -0.3 is 19.1 Å². The van der Waals surface area contributed by atoms with E-state index in [2.05, 4.69) is 53.2 Å². The highest BCUT2D eigenvalue weighted by molar-refractivity contribution is 8.00. The van der Waals surface area contributed by atoms with Crippen molar-refractivity contribution in [3.05, 3.63) is 24.3 Å². The van der Waals surface area contributed by atoms with Crippen LogP contribution in [-0.4, -0.2) is 69.6 Å². The number of aromatic nitrogens is 3. The molecule has 2 aromatic rings. The minimum Gasteiger partial charge on any atom is -0.466 e. The molecule has 1 atom stereocenters. The Bertz CT molecular complexity index is 934. The number of ether oxygens (including phenoxy) is 1. The third kappa shape index (κ3) is 5.88. The maximum Gasteiger partial charge on any atom is 0.309 e.